The minimum atomic E-state index is -1.17. The molecule has 0 radical (unpaired) electrons. The highest BCUT2D eigenvalue weighted by molar-refractivity contribution is 5.99. The molecule has 2 rings (SSSR count). The average molecular weight is 377 g/mol. The quantitative estimate of drug-likeness (QED) is 0.747. The van der Waals surface area contributed by atoms with Crippen LogP contribution in [0.2, 0.25) is 0 Å². The van der Waals surface area contributed by atoms with Gasteiger partial charge in [0.15, 0.2) is 17.6 Å². The van der Waals surface area contributed by atoms with Crippen molar-refractivity contribution >= 4 is 17.6 Å². The molecule has 0 aliphatic carbocycles. The van der Waals surface area contributed by atoms with Crippen LogP contribution in [0.5, 0.6) is 17.2 Å². The van der Waals surface area contributed by atoms with Gasteiger partial charge in [-0.15, -0.1) is 0 Å². The van der Waals surface area contributed by atoms with Crippen LogP contribution in [-0.2, 0) is 9.53 Å². The summed E-state index contributed by atoms with van der Waals surface area (Å²) in [5.74, 6) is -1.36. The molecule has 0 aromatic heterocycles. The number of amides is 1. The molecule has 144 valence electrons. The van der Waals surface area contributed by atoms with E-state index >= 15 is 0 Å². The highest BCUT2D eigenvalue weighted by Crippen LogP contribution is 2.40. The van der Waals surface area contributed by atoms with Gasteiger partial charge in [0.1, 0.15) is 11.4 Å². The van der Waals surface area contributed by atoms with Crippen LogP contribution in [0.4, 0.5) is 10.1 Å². The van der Waals surface area contributed by atoms with E-state index < -0.39 is 23.8 Å². The molecule has 2 aromatic rings. The molecule has 0 bridgehead atoms. The third-order valence-electron chi connectivity index (χ3n) is 3.71. The van der Waals surface area contributed by atoms with E-state index in [1.165, 1.54) is 58.6 Å². The minimum absolute atomic E-state index is 0.00547. The molecule has 1 amide bonds. The number of nitrogens with one attached hydrogen (secondary N) is 1. The molecule has 0 unspecified atom stereocenters. The summed E-state index contributed by atoms with van der Waals surface area (Å²) in [5.41, 5.74) is 0.0507. The normalized spacial score (nSPS) is 11.3. The minimum Gasteiger partial charge on any atom is -0.493 e. The molecular formula is C19H20FNO6. The molecule has 0 saturated heterocycles. The predicted molar refractivity (Wildman–Crippen MR) is 96.0 cm³/mol. The van der Waals surface area contributed by atoms with Crippen LogP contribution in [0.3, 0.4) is 0 Å². The Kier molecular flexibility index (Phi) is 6.59. The summed E-state index contributed by atoms with van der Waals surface area (Å²) >= 11 is 0. The fraction of sp³-hybridized carbons (Fsp3) is 0.263. The molecule has 2 aromatic carbocycles. The molecule has 0 heterocycles. The lowest BCUT2D eigenvalue weighted by molar-refractivity contribution is -0.123. The smallest absolute Gasteiger partial charge is 0.342 e. The first-order valence-electron chi connectivity index (χ1n) is 7.98. The SMILES string of the molecule is COc1ccc(C(=O)O[C@H](C)C(=O)Nc2ccccc2F)c(OC)c1OC. The van der Waals surface area contributed by atoms with Crippen LogP contribution in [0.1, 0.15) is 17.3 Å². The highest BCUT2D eigenvalue weighted by atomic mass is 19.1. The molecule has 7 nitrogen and oxygen atoms in total. The second-order valence-electron chi connectivity index (χ2n) is 5.40. The van der Waals surface area contributed by atoms with E-state index in [1.807, 2.05) is 0 Å². The summed E-state index contributed by atoms with van der Waals surface area (Å²) in [6.45, 7) is 1.38. The Morgan fingerprint density at radius 1 is 0.963 bits per heavy atom. The van der Waals surface area contributed by atoms with Crippen LogP contribution >= 0.6 is 0 Å². The molecule has 27 heavy (non-hydrogen) atoms. The zero-order valence-corrected chi connectivity index (χ0v) is 15.4. The lowest BCUT2D eigenvalue weighted by Gasteiger charge is -2.17. The van der Waals surface area contributed by atoms with E-state index in [1.54, 1.807) is 6.07 Å². The number of hydrogen-bond donors (Lipinski definition) is 1. The molecule has 0 fully saturated rings. The number of hydrogen-bond acceptors (Lipinski definition) is 6. The molecule has 0 aliphatic heterocycles. The van der Waals surface area contributed by atoms with E-state index in [4.69, 9.17) is 18.9 Å². The summed E-state index contributed by atoms with van der Waals surface area (Å²) < 4.78 is 34.4. The lowest BCUT2D eigenvalue weighted by Crippen LogP contribution is -2.30. The Balaban J connectivity index is 2.16. The summed E-state index contributed by atoms with van der Waals surface area (Å²) in [5, 5.41) is 2.37. The van der Waals surface area contributed by atoms with Crippen molar-refractivity contribution in [2.24, 2.45) is 0 Å². The number of para-hydroxylation sites is 1. The van der Waals surface area contributed by atoms with Crippen LogP contribution in [0, 0.1) is 5.82 Å². The van der Waals surface area contributed by atoms with Gasteiger partial charge in [-0.25, -0.2) is 9.18 Å². The Morgan fingerprint density at radius 2 is 1.63 bits per heavy atom. The summed E-state index contributed by atoms with van der Waals surface area (Å²) in [4.78, 5) is 24.7. The predicted octanol–water partition coefficient (Wildman–Crippen LogP) is 3.04. The second kappa shape index (κ2) is 8.88. The number of rotatable bonds is 7. The Bertz CT molecular complexity index is 839. The van der Waals surface area contributed by atoms with Gasteiger partial charge in [0.25, 0.3) is 5.91 Å². The first kappa shape index (κ1) is 20.0. The van der Waals surface area contributed by atoms with E-state index in [0.29, 0.717) is 5.75 Å². The van der Waals surface area contributed by atoms with Gasteiger partial charge in [-0.05, 0) is 31.2 Å². The number of carbonyl (C=O) groups excluding carboxylic acids is 2. The summed E-state index contributed by atoms with van der Waals surface area (Å²) in [6.07, 6.45) is -1.17. The molecule has 0 aliphatic rings. The van der Waals surface area contributed by atoms with Crippen molar-refractivity contribution in [3.63, 3.8) is 0 Å². The summed E-state index contributed by atoms with van der Waals surface area (Å²) in [7, 11) is 4.22. The molecule has 1 atom stereocenters. The zero-order valence-electron chi connectivity index (χ0n) is 15.4. The summed E-state index contributed by atoms with van der Waals surface area (Å²) in [6, 6.07) is 8.63. The van der Waals surface area contributed by atoms with Crippen molar-refractivity contribution in [1.82, 2.24) is 0 Å². The monoisotopic (exact) mass is 377 g/mol. The van der Waals surface area contributed by atoms with Gasteiger partial charge in [0.2, 0.25) is 5.75 Å². The van der Waals surface area contributed by atoms with Crippen molar-refractivity contribution in [2.45, 2.75) is 13.0 Å². The largest absolute Gasteiger partial charge is 0.493 e. The van der Waals surface area contributed by atoms with E-state index in [0.717, 1.165) is 0 Å². The first-order valence-corrected chi connectivity index (χ1v) is 7.98. The lowest BCUT2D eigenvalue weighted by atomic mass is 10.1. The van der Waals surface area contributed by atoms with Gasteiger partial charge in [0.05, 0.1) is 27.0 Å². The van der Waals surface area contributed by atoms with Crippen LogP contribution < -0.4 is 19.5 Å². The number of methoxy groups -OCH3 is 3. The maximum absolute atomic E-state index is 13.6. The van der Waals surface area contributed by atoms with Gasteiger partial charge in [-0.2, -0.15) is 0 Å². The van der Waals surface area contributed by atoms with Crippen molar-refractivity contribution in [3.8, 4) is 17.2 Å². The Hall–Kier alpha value is -3.29. The van der Waals surface area contributed by atoms with Gasteiger partial charge >= 0.3 is 5.97 Å². The number of esters is 1. The second-order valence-corrected chi connectivity index (χ2v) is 5.40. The molecular weight excluding hydrogens is 357 g/mol. The zero-order chi connectivity index (χ0) is 20.0. The van der Waals surface area contributed by atoms with Crippen molar-refractivity contribution < 1.29 is 32.9 Å². The maximum Gasteiger partial charge on any atom is 0.342 e. The van der Waals surface area contributed by atoms with Crippen molar-refractivity contribution in [2.75, 3.05) is 26.6 Å². The van der Waals surface area contributed by atoms with Crippen LogP contribution in [0.25, 0.3) is 0 Å². The maximum atomic E-state index is 13.6. The standard InChI is InChI=1S/C19H20FNO6/c1-11(18(22)21-14-8-6-5-7-13(14)20)27-19(23)12-9-10-15(24-2)17(26-4)16(12)25-3/h5-11H,1-4H3,(H,21,22)/t11-/m1/s1. The number of carbonyl (C=O) groups is 2. The molecule has 8 heteroatoms. The van der Waals surface area contributed by atoms with Gasteiger partial charge < -0.3 is 24.3 Å². The first-order chi connectivity index (χ1) is 12.9. The number of ether oxygens (including phenoxy) is 4. The molecule has 0 spiro atoms. The molecule has 1 N–H and O–H groups in total. The third-order valence-corrected chi connectivity index (χ3v) is 3.71. The topological polar surface area (TPSA) is 83.1 Å². The van der Waals surface area contributed by atoms with Gasteiger partial charge in [-0.1, -0.05) is 12.1 Å². The molecule has 0 saturated carbocycles. The average Bonchev–Trinajstić information content (AvgIpc) is 2.67. The Morgan fingerprint density at radius 3 is 2.22 bits per heavy atom. The highest BCUT2D eigenvalue weighted by Gasteiger charge is 2.25. The van der Waals surface area contributed by atoms with E-state index in [-0.39, 0.29) is 22.7 Å². The van der Waals surface area contributed by atoms with Crippen LogP contribution in [-0.4, -0.2) is 39.3 Å². The van der Waals surface area contributed by atoms with Gasteiger partial charge in [-0.3, -0.25) is 4.79 Å². The fourth-order valence-corrected chi connectivity index (χ4v) is 2.34. The number of halogens is 1. The van der Waals surface area contributed by atoms with Crippen molar-refractivity contribution in [1.29, 1.82) is 0 Å². The van der Waals surface area contributed by atoms with Gasteiger partial charge in [0, 0.05) is 0 Å². The number of anilines is 1. The number of benzene rings is 2. The van der Waals surface area contributed by atoms with E-state index in [9.17, 15) is 14.0 Å². The van der Waals surface area contributed by atoms with Crippen molar-refractivity contribution in [3.05, 3.63) is 47.8 Å². The third kappa shape index (κ3) is 4.46. The van der Waals surface area contributed by atoms with Crippen LogP contribution in [0.15, 0.2) is 36.4 Å². The fourth-order valence-electron chi connectivity index (χ4n) is 2.34. The van der Waals surface area contributed by atoms with E-state index in [2.05, 4.69) is 5.32 Å². The Labute approximate surface area is 156 Å².